The Balaban J connectivity index is 1.32. The molecule has 26 heavy (non-hydrogen) atoms. The fourth-order valence-electron chi connectivity index (χ4n) is 4.28. The second-order valence-electron chi connectivity index (χ2n) is 7.49. The van der Waals surface area contributed by atoms with E-state index in [2.05, 4.69) is 9.88 Å². The van der Waals surface area contributed by atoms with Crippen molar-refractivity contribution < 1.29 is 9.59 Å². The van der Waals surface area contributed by atoms with E-state index in [1.54, 1.807) is 0 Å². The molecule has 2 N–H and O–H groups in total. The molecule has 2 saturated heterocycles. The third-order valence-electron chi connectivity index (χ3n) is 5.77. The largest absolute Gasteiger partial charge is 0.375 e. The number of aromatic nitrogens is 1. The SMILES string of the molecule is Nc1nc2c(s1)CCCC2C(=O)N1CCN(CC(=O)N2CCCC2)CC1. The molecule has 4 rings (SSSR count). The van der Waals surface area contributed by atoms with Crippen LogP contribution in [0.4, 0.5) is 5.13 Å². The highest BCUT2D eigenvalue weighted by Gasteiger charge is 2.34. The lowest BCUT2D eigenvalue weighted by atomic mass is 9.89. The fourth-order valence-corrected chi connectivity index (χ4v) is 5.22. The van der Waals surface area contributed by atoms with Gasteiger partial charge in [0.15, 0.2) is 5.13 Å². The molecule has 1 aromatic heterocycles. The average molecular weight is 378 g/mol. The van der Waals surface area contributed by atoms with Crippen LogP contribution in [0.1, 0.15) is 42.2 Å². The van der Waals surface area contributed by atoms with Gasteiger partial charge in [-0.2, -0.15) is 0 Å². The minimum absolute atomic E-state index is 0.134. The Kier molecular flexibility index (Phi) is 5.13. The lowest BCUT2D eigenvalue weighted by molar-refractivity contribution is -0.136. The molecule has 0 bridgehead atoms. The van der Waals surface area contributed by atoms with Crippen LogP contribution in [0.2, 0.25) is 0 Å². The molecule has 7 nitrogen and oxygen atoms in total. The topological polar surface area (TPSA) is 82.8 Å². The number of hydrogen-bond donors (Lipinski definition) is 1. The van der Waals surface area contributed by atoms with Crippen LogP contribution in [0.15, 0.2) is 0 Å². The number of aryl methyl sites for hydroxylation is 1. The van der Waals surface area contributed by atoms with Crippen molar-refractivity contribution in [3.05, 3.63) is 10.6 Å². The highest BCUT2D eigenvalue weighted by atomic mass is 32.1. The standard InChI is InChI=1S/C18H27N5O2S/c19-18-20-16-13(4-3-5-14(16)26-18)17(25)23-10-8-21(9-11-23)12-15(24)22-6-1-2-7-22/h13H,1-12H2,(H2,19,20). The molecular formula is C18H27N5O2S. The number of carbonyl (C=O) groups is 2. The first kappa shape index (κ1) is 17.7. The van der Waals surface area contributed by atoms with Gasteiger partial charge in [0.1, 0.15) is 0 Å². The number of anilines is 1. The summed E-state index contributed by atoms with van der Waals surface area (Å²) in [7, 11) is 0. The summed E-state index contributed by atoms with van der Waals surface area (Å²) < 4.78 is 0. The van der Waals surface area contributed by atoms with E-state index in [-0.39, 0.29) is 17.7 Å². The molecule has 2 amide bonds. The summed E-state index contributed by atoms with van der Waals surface area (Å²) in [5.74, 6) is 0.281. The zero-order chi connectivity index (χ0) is 18.1. The van der Waals surface area contributed by atoms with E-state index < -0.39 is 0 Å². The van der Waals surface area contributed by atoms with Crippen LogP contribution in [-0.4, -0.2) is 77.3 Å². The summed E-state index contributed by atoms with van der Waals surface area (Å²) >= 11 is 1.52. The maximum Gasteiger partial charge on any atom is 0.236 e. The van der Waals surface area contributed by atoms with Crippen molar-refractivity contribution in [2.75, 3.05) is 51.5 Å². The number of amides is 2. The van der Waals surface area contributed by atoms with E-state index in [0.29, 0.717) is 24.8 Å². The van der Waals surface area contributed by atoms with Gasteiger partial charge in [-0.3, -0.25) is 14.5 Å². The van der Waals surface area contributed by atoms with Crippen LogP contribution < -0.4 is 5.73 Å². The number of hydrogen-bond acceptors (Lipinski definition) is 6. The summed E-state index contributed by atoms with van der Waals surface area (Å²) in [6.07, 6.45) is 5.12. The smallest absolute Gasteiger partial charge is 0.236 e. The minimum Gasteiger partial charge on any atom is -0.375 e. The van der Waals surface area contributed by atoms with Gasteiger partial charge >= 0.3 is 0 Å². The van der Waals surface area contributed by atoms with Crippen molar-refractivity contribution in [2.24, 2.45) is 0 Å². The summed E-state index contributed by atoms with van der Waals surface area (Å²) in [6, 6.07) is 0. The molecular weight excluding hydrogens is 350 g/mol. The first-order valence-corrected chi connectivity index (χ1v) is 10.5. The average Bonchev–Trinajstić information content (AvgIpc) is 3.30. The maximum atomic E-state index is 13.0. The number of carbonyl (C=O) groups excluding carboxylic acids is 2. The van der Waals surface area contributed by atoms with E-state index in [1.807, 2.05) is 9.80 Å². The summed E-state index contributed by atoms with van der Waals surface area (Å²) in [5, 5.41) is 0.569. The van der Waals surface area contributed by atoms with Gasteiger partial charge in [-0.1, -0.05) is 0 Å². The molecule has 1 atom stereocenters. The molecule has 1 unspecified atom stereocenters. The van der Waals surface area contributed by atoms with Crippen molar-refractivity contribution in [1.29, 1.82) is 0 Å². The van der Waals surface area contributed by atoms with Gasteiger partial charge in [-0.25, -0.2) is 4.98 Å². The Morgan fingerprint density at radius 2 is 1.77 bits per heavy atom. The van der Waals surface area contributed by atoms with Gasteiger partial charge in [0.25, 0.3) is 0 Å². The van der Waals surface area contributed by atoms with Gasteiger partial charge in [0.2, 0.25) is 11.8 Å². The molecule has 1 aromatic rings. The lowest BCUT2D eigenvalue weighted by Gasteiger charge is -2.37. The van der Waals surface area contributed by atoms with Gasteiger partial charge in [0.05, 0.1) is 18.2 Å². The first-order valence-electron chi connectivity index (χ1n) is 9.66. The van der Waals surface area contributed by atoms with Crippen molar-refractivity contribution in [1.82, 2.24) is 19.7 Å². The number of thiazole rings is 1. The van der Waals surface area contributed by atoms with E-state index in [0.717, 1.165) is 64.0 Å². The quantitative estimate of drug-likeness (QED) is 0.847. The molecule has 8 heteroatoms. The highest BCUT2D eigenvalue weighted by Crippen LogP contribution is 2.36. The van der Waals surface area contributed by atoms with E-state index in [1.165, 1.54) is 16.2 Å². The molecule has 2 fully saturated rings. The Labute approximate surface area is 158 Å². The Morgan fingerprint density at radius 1 is 1.04 bits per heavy atom. The summed E-state index contributed by atoms with van der Waals surface area (Å²) in [5.41, 5.74) is 6.77. The van der Waals surface area contributed by atoms with Gasteiger partial charge < -0.3 is 15.5 Å². The molecule has 3 aliphatic rings. The molecule has 142 valence electrons. The number of fused-ring (bicyclic) bond motifs is 1. The van der Waals surface area contributed by atoms with Gasteiger partial charge in [-0.05, 0) is 32.1 Å². The monoisotopic (exact) mass is 377 g/mol. The molecule has 1 aliphatic carbocycles. The van der Waals surface area contributed by atoms with Crippen LogP contribution in [0.3, 0.4) is 0 Å². The Hall–Kier alpha value is -1.67. The molecule has 0 radical (unpaired) electrons. The molecule has 3 heterocycles. The van der Waals surface area contributed by atoms with Gasteiger partial charge in [0, 0.05) is 44.1 Å². The van der Waals surface area contributed by atoms with Crippen LogP contribution in [0.5, 0.6) is 0 Å². The van der Waals surface area contributed by atoms with Crippen molar-refractivity contribution in [2.45, 2.75) is 38.0 Å². The molecule has 0 aromatic carbocycles. The zero-order valence-electron chi connectivity index (χ0n) is 15.2. The number of likely N-dealkylation sites (tertiary alicyclic amines) is 1. The summed E-state index contributed by atoms with van der Waals surface area (Å²) in [6.45, 7) is 5.21. The van der Waals surface area contributed by atoms with Crippen molar-refractivity contribution >= 4 is 28.3 Å². The zero-order valence-corrected chi connectivity index (χ0v) is 16.0. The lowest BCUT2D eigenvalue weighted by Crippen LogP contribution is -2.52. The number of rotatable bonds is 3. The molecule has 2 aliphatic heterocycles. The summed E-state index contributed by atoms with van der Waals surface area (Å²) in [4.78, 5) is 37.0. The second kappa shape index (κ2) is 7.52. The normalized spacial score (nSPS) is 23.9. The third-order valence-corrected chi connectivity index (χ3v) is 6.73. The highest BCUT2D eigenvalue weighted by molar-refractivity contribution is 7.15. The van der Waals surface area contributed by atoms with E-state index in [4.69, 9.17) is 5.73 Å². The first-order chi connectivity index (χ1) is 12.6. The number of nitrogen functional groups attached to an aromatic ring is 1. The van der Waals surface area contributed by atoms with Crippen LogP contribution in [0, 0.1) is 0 Å². The number of piperazine rings is 1. The Bertz CT molecular complexity index is 677. The fraction of sp³-hybridized carbons (Fsp3) is 0.722. The Morgan fingerprint density at radius 3 is 2.50 bits per heavy atom. The number of nitrogens with two attached hydrogens (primary N) is 1. The van der Waals surface area contributed by atoms with Gasteiger partial charge in [-0.15, -0.1) is 11.3 Å². The molecule has 0 saturated carbocycles. The van der Waals surface area contributed by atoms with Crippen LogP contribution in [0.25, 0.3) is 0 Å². The predicted octanol–water partition coefficient (Wildman–Crippen LogP) is 0.912. The van der Waals surface area contributed by atoms with E-state index >= 15 is 0 Å². The molecule has 0 spiro atoms. The minimum atomic E-state index is -0.134. The van der Waals surface area contributed by atoms with Crippen LogP contribution >= 0.6 is 11.3 Å². The predicted molar refractivity (Wildman–Crippen MR) is 101 cm³/mol. The number of nitrogens with zero attached hydrogens (tertiary/aromatic N) is 4. The third kappa shape index (κ3) is 3.57. The maximum absolute atomic E-state index is 13.0. The van der Waals surface area contributed by atoms with E-state index in [9.17, 15) is 9.59 Å². The second-order valence-corrected chi connectivity index (χ2v) is 8.61. The van der Waals surface area contributed by atoms with Crippen molar-refractivity contribution in [3.8, 4) is 0 Å². The van der Waals surface area contributed by atoms with Crippen molar-refractivity contribution in [3.63, 3.8) is 0 Å². The van der Waals surface area contributed by atoms with Crippen LogP contribution in [-0.2, 0) is 16.0 Å².